The number of unbranched alkanes of at least 4 members (excludes halogenated alkanes) is 1. The van der Waals surface area contributed by atoms with Crippen molar-refractivity contribution < 1.29 is 18.0 Å². The van der Waals surface area contributed by atoms with E-state index in [4.69, 9.17) is 0 Å². The Balaban J connectivity index is 2.34. The Labute approximate surface area is 197 Å². The molecule has 2 rings (SSSR count). The minimum Gasteiger partial charge on any atom is -0.354 e. The maximum Gasteiger partial charge on any atom is 0.244 e. The first-order valence-corrected chi connectivity index (χ1v) is 13.0. The molecule has 2 amide bonds. The molecule has 0 radical (unpaired) electrons. The standard InChI is InChI=1S/C25H35N3O4S/c1-6-7-14-26-25(30)21(4)27(17-22-12-8-10-19(2)15-22)24(29)18-28(33(5,31)32)23-13-9-11-20(3)16-23/h8-13,15-16,21H,6-7,14,17-18H2,1-5H3,(H,26,30)/t21-/m1/s1. The number of hydrogen-bond donors (Lipinski definition) is 1. The normalized spacial score (nSPS) is 12.2. The van der Waals surface area contributed by atoms with Crippen LogP contribution < -0.4 is 9.62 Å². The summed E-state index contributed by atoms with van der Waals surface area (Å²) in [6.07, 6.45) is 2.87. The lowest BCUT2D eigenvalue weighted by Gasteiger charge is -2.31. The Hall–Kier alpha value is -2.87. The van der Waals surface area contributed by atoms with E-state index in [1.54, 1.807) is 25.1 Å². The molecule has 0 bridgehead atoms. The number of rotatable bonds is 11. The fraction of sp³-hybridized carbons (Fsp3) is 0.440. The lowest BCUT2D eigenvalue weighted by atomic mass is 10.1. The molecule has 0 spiro atoms. The van der Waals surface area contributed by atoms with Crippen LogP contribution in [0.5, 0.6) is 0 Å². The lowest BCUT2D eigenvalue weighted by Crippen LogP contribution is -2.51. The van der Waals surface area contributed by atoms with Crippen LogP contribution in [0, 0.1) is 13.8 Å². The maximum atomic E-state index is 13.5. The quantitative estimate of drug-likeness (QED) is 0.507. The van der Waals surface area contributed by atoms with Gasteiger partial charge in [0.1, 0.15) is 12.6 Å². The second-order valence-corrected chi connectivity index (χ2v) is 10.3. The number of nitrogens with one attached hydrogen (secondary N) is 1. The van der Waals surface area contributed by atoms with Crippen molar-refractivity contribution in [3.05, 3.63) is 65.2 Å². The van der Waals surface area contributed by atoms with Crippen LogP contribution in [0.1, 0.15) is 43.4 Å². The van der Waals surface area contributed by atoms with Crippen molar-refractivity contribution in [3.8, 4) is 0 Å². The van der Waals surface area contributed by atoms with Gasteiger partial charge in [0.2, 0.25) is 21.8 Å². The average Bonchev–Trinajstić information content (AvgIpc) is 2.74. The predicted octanol–water partition coefficient (Wildman–Crippen LogP) is 3.40. The van der Waals surface area contributed by atoms with Gasteiger partial charge in [-0.05, 0) is 50.5 Å². The van der Waals surface area contributed by atoms with Crippen LogP contribution in [0.25, 0.3) is 0 Å². The van der Waals surface area contributed by atoms with E-state index in [9.17, 15) is 18.0 Å². The fourth-order valence-electron chi connectivity index (χ4n) is 3.52. The van der Waals surface area contributed by atoms with Crippen LogP contribution in [0.15, 0.2) is 48.5 Å². The molecule has 2 aromatic rings. The number of benzene rings is 2. The minimum absolute atomic E-state index is 0.203. The Morgan fingerprint density at radius 2 is 1.67 bits per heavy atom. The number of nitrogens with zero attached hydrogens (tertiary/aromatic N) is 2. The first-order valence-electron chi connectivity index (χ1n) is 11.2. The topological polar surface area (TPSA) is 86.8 Å². The summed E-state index contributed by atoms with van der Waals surface area (Å²) in [5.74, 6) is -0.701. The van der Waals surface area contributed by atoms with Gasteiger partial charge in [0.05, 0.1) is 11.9 Å². The number of hydrogen-bond acceptors (Lipinski definition) is 4. The molecular formula is C25H35N3O4S. The average molecular weight is 474 g/mol. The summed E-state index contributed by atoms with van der Waals surface area (Å²) in [6, 6.07) is 13.9. The van der Waals surface area contributed by atoms with Gasteiger partial charge in [0.15, 0.2) is 0 Å². The Morgan fingerprint density at radius 1 is 1.03 bits per heavy atom. The van der Waals surface area contributed by atoms with Crippen LogP contribution in [-0.4, -0.2) is 50.5 Å². The number of aryl methyl sites for hydroxylation is 2. The summed E-state index contributed by atoms with van der Waals surface area (Å²) < 4.78 is 26.2. The number of carbonyl (C=O) groups is 2. The summed E-state index contributed by atoms with van der Waals surface area (Å²) in [5.41, 5.74) is 3.21. The van der Waals surface area contributed by atoms with Crippen molar-refractivity contribution in [2.45, 2.75) is 53.1 Å². The third-order valence-corrected chi connectivity index (χ3v) is 6.54. The van der Waals surface area contributed by atoms with Crippen molar-refractivity contribution >= 4 is 27.5 Å². The van der Waals surface area contributed by atoms with Gasteiger partial charge in [0.25, 0.3) is 0 Å². The smallest absolute Gasteiger partial charge is 0.244 e. The van der Waals surface area contributed by atoms with Gasteiger partial charge in [0, 0.05) is 13.1 Å². The van der Waals surface area contributed by atoms with E-state index < -0.39 is 22.0 Å². The predicted molar refractivity (Wildman–Crippen MR) is 132 cm³/mol. The van der Waals surface area contributed by atoms with Crippen molar-refractivity contribution in [2.75, 3.05) is 23.7 Å². The maximum absolute atomic E-state index is 13.5. The first-order chi connectivity index (χ1) is 15.5. The zero-order valence-electron chi connectivity index (χ0n) is 20.2. The van der Waals surface area contributed by atoms with Gasteiger partial charge >= 0.3 is 0 Å². The van der Waals surface area contributed by atoms with Crippen molar-refractivity contribution in [2.24, 2.45) is 0 Å². The molecule has 7 nitrogen and oxygen atoms in total. The van der Waals surface area contributed by atoms with Gasteiger partial charge in [-0.2, -0.15) is 0 Å². The molecule has 0 saturated heterocycles. The first kappa shape index (κ1) is 26.4. The van der Waals surface area contributed by atoms with Crippen molar-refractivity contribution in [1.29, 1.82) is 0 Å². The van der Waals surface area contributed by atoms with Crippen molar-refractivity contribution in [3.63, 3.8) is 0 Å². The van der Waals surface area contributed by atoms with E-state index in [1.165, 1.54) is 4.90 Å². The highest BCUT2D eigenvalue weighted by molar-refractivity contribution is 7.92. The van der Waals surface area contributed by atoms with Crippen LogP contribution in [0.2, 0.25) is 0 Å². The summed E-state index contributed by atoms with van der Waals surface area (Å²) in [4.78, 5) is 27.7. The number of sulfonamides is 1. The third-order valence-electron chi connectivity index (χ3n) is 5.40. The van der Waals surface area contributed by atoms with Crippen molar-refractivity contribution in [1.82, 2.24) is 10.2 Å². The minimum atomic E-state index is -3.72. The Bertz CT molecular complexity index is 1070. The van der Waals surface area contributed by atoms with E-state index in [2.05, 4.69) is 5.32 Å². The highest BCUT2D eigenvalue weighted by Gasteiger charge is 2.30. The van der Waals surface area contributed by atoms with Crippen LogP contribution >= 0.6 is 0 Å². The fourth-order valence-corrected chi connectivity index (χ4v) is 4.36. The van der Waals surface area contributed by atoms with Gasteiger partial charge in [-0.15, -0.1) is 0 Å². The second-order valence-electron chi connectivity index (χ2n) is 8.44. The Kier molecular flexibility index (Phi) is 9.46. The summed E-state index contributed by atoms with van der Waals surface area (Å²) in [7, 11) is -3.72. The summed E-state index contributed by atoms with van der Waals surface area (Å²) in [5, 5.41) is 2.87. The summed E-state index contributed by atoms with van der Waals surface area (Å²) >= 11 is 0. The zero-order chi connectivity index (χ0) is 24.6. The number of carbonyl (C=O) groups excluding carboxylic acids is 2. The highest BCUT2D eigenvalue weighted by atomic mass is 32.2. The molecule has 33 heavy (non-hydrogen) atoms. The molecular weight excluding hydrogens is 438 g/mol. The molecule has 1 N–H and O–H groups in total. The second kappa shape index (κ2) is 11.8. The van der Waals surface area contributed by atoms with E-state index in [0.717, 1.165) is 40.1 Å². The molecule has 0 aliphatic rings. The highest BCUT2D eigenvalue weighted by Crippen LogP contribution is 2.20. The van der Waals surface area contributed by atoms with Crippen LogP contribution in [0.3, 0.4) is 0 Å². The van der Waals surface area contributed by atoms with Gasteiger partial charge in [-0.3, -0.25) is 13.9 Å². The molecule has 0 aliphatic carbocycles. The largest absolute Gasteiger partial charge is 0.354 e. The van der Waals surface area contributed by atoms with Gasteiger partial charge in [-0.25, -0.2) is 8.42 Å². The molecule has 2 aromatic carbocycles. The van der Waals surface area contributed by atoms with Crippen LogP contribution in [0.4, 0.5) is 5.69 Å². The van der Waals surface area contributed by atoms with E-state index in [-0.39, 0.29) is 19.0 Å². The lowest BCUT2D eigenvalue weighted by molar-refractivity contribution is -0.139. The monoisotopic (exact) mass is 473 g/mol. The van der Waals surface area contributed by atoms with Gasteiger partial charge < -0.3 is 10.2 Å². The molecule has 8 heteroatoms. The van der Waals surface area contributed by atoms with E-state index in [0.29, 0.717) is 12.2 Å². The number of amides is 2. The number of anilines is 1. The summed E-state index contributed by atoms with van der Waals surface area (Å²) in [6.45, 7) is 7.87. The van der Waals surface area contributed by atoms with E-state index >= 15 is 0 Å². The molecule has 0 saturated carbocycles. The molecule has 0 unspecified atom stereocenters. The third kappa shape index (κ3) is 7.89. The molecule has 0 heterocycles. The molecule has 180 valence electrons. The molecule has 0 aliphatic heterocycles. The molecule has 1 atom stereocenters. The zero-order valence-corrected chi connectivity index (χ0v) is 21.0. The molecule has 0 fully saturated rings. The van der Waals surface area contributed by atoms with Gasteiger partial charge in [-0.1, -0.05) is 55.3 Å². The SMILES string of the molecule is CCCCNC(=O)[C@@H](C)N(Cc1cccc(C)c1)C(=O)CN(c1cccc(C)c1)S(C)(=O)=O. The van der Waals surface area contributed by atoms with E-state index in [1.807, 2.05) is 51.1 Å². The Morgan fingerprint density at radius 3 is 2.24 bits per heavy atom. The van der Waals surface area contributed by atoms with Crippen LogP contribution in [-0.2, 0) is 26.2 Å². The molecule has 0 aromatic heterocycles.